The van der Waals surface area contributed by atoms with Crippen molar-refractivity contribution in [3.63, 3.8) is 0 Å². The summed E-state index contributed by atoms with van der Waals surface area (Å²) >= 11 is 11.8. The Hall–Kier alpha value is -0.740. The second-order valence-corrected chi connectivity index (χ2v) is 5.32. The molecule has 1 aromatic carbocycles. The Balaban J connectivity index is 0.00000133. The van der Waals surface area contributed by atoms with Crippen LogP contribution in [-0.2, 0) is 13.0 Å². The van der Waals surface area contributed by atoms with E-state index in [1.165, 1.54) is 0 Å². The third kappa shape index (κ3) is 2.36. The summed E-state index contributed by atoms with van der Waals surface area (Å²) in [6.45, 7) is 1.54. The van der Waals surface area contributed by atoms with Gasteiger partial charge in [-0.3, -0.25) is 4.79 Å². The minimum atomic E-state index is -0.557. The van der Waals surface area contributed by atoms with Crippen LogP contribution in [0.15, 0.2) is 16.5 Å². The molecule has 0 saturated carbocycles. The molecule has 0 N–H and O–H groups in total. The maximum Gasteiger partial charge on any atom is 0.288 e. The van der Waals surface area contributed by atoms with Gasteiger partial charge in [-0.1, -0.05) is 11.6 Å². The number of halogens is 3. The molecule has 0 atom stereocenters. The summed E-state index contributed by atoms with van der Waals surface area (Å²) in [6.07, 6.45) is 0.842. The zero-order valence-electron chi connectivity index (χ0n) is 10.2. The molecule has 0 radical (unpaired) electrons. The van der Waals surface area contributed by atoms with Crippen molar-refractivity contribution in [1.82, 2.24) is 4.90 Å². The lowest BCUT2D eigenvalue weighted by atomic mass is 10.0. The smallest absolute Gasteiger partial charge is 0.288 e. The first kappa shape index (κ1) is 14.7. The predicted molar refractivity (Wildman–Crippen MR) is 78.7 cm³/mol. The van der Waals surface area contributed by atoms with Gasteiger partial charge in [0.1, 0.15) is 5.58 Å². The third-order valence-corrected chi connectivity index (χ3v) is 3.88. The maximum absolute atomic E-state index is 11.5. The first-order valence-corrected chi connectivity index (χ1v) is 6.44. The summed E-state index contributed by atoms with van der Waals surface area (Å²) in [5.41, 5.74) is 2.58. The number of likely N-dealkylation sites (N-methyl/N-ethyl adjacent to an activating group) is 1. The first-order valence-electron chi connectivity index (χ1n) is 5.69. The summed E-state index contributed by atoms with van der Waals surface area (Å²) in [6, 6.07) is 3.60. The van der Waals surface area contributed by atoms with Crippen LogP contribution < -0.4 is 0 Å². The van der Waals surface area contributed by atoms with Gasteiger partial charge in [0, 0.05) is 29.1 Å². The highest BCUT2D eigenvalue weighted by Crippen LogP contribution is 2.36. The van der Waals surface area contributed by atoms with Crippen LogP contribution in [0.4, 0.5) is 0 Å². The zero-order chi connectivity index (χ0) is 12.9. The monoisotopic (exact) mass is 319 g/mol. The fraction of sp³-hybridized carbons (Fsp3) is 0.308. The van der Waals surface area contributed by atoms with E-state index in [2.05, 4.69) is 4.90 Å². The SMILES string of the molecule is CN1CCc2c(Cl)ccc3oc(C(=O)Cl)c(c23)C1.Cl. The zero-order valence-corrected chi connectivity index (χ0v) is 12.5. The van der Waals surface area contributed by atoms with Crippen LogP contribution >= 0.6 is 35.6 Å². The van der Waals surface area contributed by atoms with Crippen LogP contribution in [0.2, 0.25) is 5.02 Å². The molecule has 0 fully saturated rings. The number of hydrogen-bond donors (Lipinski definition) is 0. The molecule has 2 aromatic rings. The van der Waals surface area contributed by atoms with Gasteiger partial charge in [-0.2, -0.15) is 0 Å². The van der Waals surface area contributed by atoms with Crippen LogP contribution in [0.25, 0.3) is 11.0 Å². The van der Waals surface area contributed by atoms with Crippen LogP contribution in [0, 0.1) is 0 Å². The molecule has 1 aliphatic rings. The predicted octanol–water partition coefficient (Wildman–Crippen LogP) is 3.87. The van der Waals surface area contributed by atoms with Crippen molar-refractivity contribution in [1.29, 1.82) is 0 Å². The van der Waals surface area contributed by atoms with E-state index in [0.29, 0.717) is 17.2 Å². The standard InChI is InChI=1S/C13H11Cl2NO2.ClH/c1-16-5-4-7-9(14)2-3-10-11(7)8(6-16)12(18-10)13(15)17;/h2-3H,4-6H2,1H3;1H. The lowest BCUT2D eigenvalue weighted by molar-refractivity contribution is 0.105. The molecular weight excluding hydrogens is 309 g/mol. The Morgan fingerprint density at radius 2 is 2.11 bits per heavy atom. The molecular formula is C13H12Cl3NO2. The Morgan fingerprint density at radius 3 is 2.79 bits per heavy atom. The minimum absolute atomic E-state index is 0. The molecule has 1 aromatic heterocycles. The van der Waals surface area contributed by atoms with Crippen molar-refractivity contribution < 1.29 is 9.21 Å². The van der Waals surface area contributed by atoms with E-state index >= 15 is 0 Å². The van der Waals surface area contributed by atoms with E-state index in [4.69, 9.17) is 27.6 Å². The van der Waals surface area contributed by atoms with Gasteiger partial charge >= 0.3 is 0 Å². The van der Waals surface area contributed by atoms with Gasteiger partial charge in [-0.25, -0.2) is 0 Å². The van der Waals surface area contributed by atoms with E-state index in [9.17, 15) is 4.79 Å². The third-order valence-electron chi connectivity index (χ3n) is 3.36. The molecule has 19 heavy (non-hydrogen) atoms. The second-order valence-electron chi connectivity index (χ2n) is 4.57. The van der Waals surface area contributed by atoms with Crippen LogP contribution in [0.1, 0.15) is 21.7 Å². The average Bonchev–Trinajstić information content (AvgIpc) is 2.57. The van der Waals surface area contributed by atoms with Gasteiger partial charge in [-0.05, 0) is 42.8 Å². The lowest BCUT2D eigenvalue weighted by Crippen LogP contribution is -2.19. The fourth-order valence-corrected chi connectivity index (χ4v) is 2.91. The number of nitrogens with zero attached hydrogens (tertiary/aromatic N) is 1. The molecule has 0 spiro atoms. The van der Waals surface area contributed by atoms with Gasteiger partial charge in [0.15, 0.2) is 5.76 Å². The van der Waals surface area contributed by atoms with E-state index in [1.807, 2.05) is 7.05 Å². The van der Waals surface area contributed by atoms with Gasteiger partial charge in [0.25, 0.3) is 5.24 Å². The van der Waals surface area contributed by atoms with Crippen LogP contribution in [0.5, 0.6) is 0 Å². The second kappa shape index (κ2) is 5.33. The van der Waals surface area contributed by atoms with Gasteiger partial charge in [0.05, 0.1) is 0 Å². The molecule has 0 aliphatic carbocycles. The Bertz CT molecular complexity index is 651. The van der Waals surface area contributed by atoms with Crippen LogP contribution in [0.3, 0.4) is 0 Å². The molecule has 2 heterocycles. The summed E-state index contributed by atoms with van der Waals surface area (Å²) in [5.74, 6) is 0.240. The van der Waals surface area contributed by atoms with Gasteiger partial charge in [0.2, 0.25) is 0 Å². The molecule has 0 unspecified atom stereocenters. The maximum atomic E-state index is 11.5. The number of carbonyl (C=O) groups is 1. The molecule has 1 aliphatic heterocycles. The van der Waals surface area contributed by atoms with Gasteiger partial charge < -0.3 is 9.32 Å². The van der Waals surface area contributed by atoms with Gasteiger partial charge in [-0.15, -0.1) is 12.4 Å². The topological polar surface area (TPSA) is 33.5 Å². The molecule has 3 nitrogen and oxygen atoms in total. The summed E-state index contributed by atoms with van der Waals surface area (Å²) in [7, 11) is 2.00. The molecule has 3 rings (SSSR count). The number of carbonyl (C=O) groups excluding carboxylic acids is 1. The summed E-state index contributed by atoms with van der Waals surface area (Å²) in [5, 5.41) is 1.11. The van der Waals surface area contributed by atoms with Crippen LogP contribution in [-0.4, -0.2) is 23.7 Å². The van der Waals surface area contributed by atoms with E-state index in [-0.39, 0.29) is 18.2 Å². The number of rotatable bonds is 1. The van der Waals surface area contributed by atoms with Crippen molar-refractivity contribution in [3.8, 4) is 0 Å². The van der Waals surface area contributed by atoms with E-state index < -0.39 is 5.24 Å². The highest BCUT2D eigenvalue weighted by molar-refractivity contribution is 6.67. The summed E-state index contributed by atoms with van der Waals surface area (Å²) in [4.78, 5) is 13.6. The van der Waals surface area contributed by atoms with E-state index in [1.54, 1.807) is 12.1 Å². The fourth-order valence-electron chi connectivity index (χ4n) is 2.51. The highest BCUT2D eigenvalue weighted by Gasteiger charge is 2.25. The lowest BCUT2D eigenvalue weighted by Gasteiger charge is -2.12. The quantitative estimate of drug-likeness (QED) is 0.748. The molecule has 0 bridgehead atoms. The average molecular weight is 321 g/mol. The number of furan rings is 1. The van der Waals surface area contributed by atoms with Crippen molar-refractivity contribution in [2.24, 2.45) is 0 Å². The van der Waals surface area contributed by atoms with Crippen molar-refractivity contribution in [3.05, 3.63) is 34.0 Å². The highest BCUT2D eigenvalue weighted by atomic mass is 35.5. The first-order chi connectivity index (χ1) is 8.58. The number of benzene rings is 1. The van der Waals surface area contributed by atoms with E-state index in [0.717, 1.165) is 29.5 Å². The molecule has 102 valence electrons. The van der Waals surface area contributed by atoms with Crippen molar-refractivity contribution in [2.75, 3.05) is 13.6 Å². The Kier molecular flexibility index (Phi) is 4.11. The molecule has 0 saturated heterocycles. The summed E-state index contributed by atoms with van der Waals surface area (Å²) < 4.78 is 5.56. The Labute approximate surface area is 126 Å². The minimum Gasteiger partial charge on any atom is -0.451 e. The Morgan fingerprint density at radius 1 is 1.37 bits per heavy atom. The largest absolute Gasteiger partial charge is 0.451 e. The number of hydrogen-bond acceptors (Lipinski definition) is 3. The van der Waals surface area contributed by atoms with Crippen molar-refractivity contribution in [2.45, 2.75) is 13.0 Å². The normalized spacial score (nSPS) is 15.1. The molecule has 0 amide bonds. The molecule has 6 heteroatoms. The van der Waals surface area contributed by atoms with Crippen molar-refractivity contribution >= 4 is 51.8 Å².